The van der Waals surface area contributed by atoms with Gasteiger partial charge in [-0.15, -0.1) is 0 Å². The summed E-state index contributed by atoms with van der Waals surface area (Å²) in [5.41, 5.74) is 12.9. The second-order valence-corrected chi connectivity index (χ2v) is 4.33. The van der Waals surface area contributed by atoms with Crippen LogP contribution in [-0.4, -0.2) is 17.2 Å². The molecular weight excluding hydrogens is 266 g/mol. The van der Waals surface area contributed by atoms with Crippen LogP contribution >= 0.6 is 0 Å². The van der Waals surface area contributed by atoms with Gasteiger partial charge in [-0.3, -0.25) is 9.79 Å². The number of para-hydroxylation sites is 1. The molecule has 0 aliphatic carbocycles. The maximum atomic E-state index is 11.5. The molecule has 106 valence electrons. The molecule has 0 radical (unpaired) electrons. The van der Waals surface area contributed by atoms with Crippen molar-refractivity contribution < 1.29 is 9.90 Å². The summed E-state index contributed by atoms with van der Waals surface area (Å²) in [6, 6.07) is 15.3. The van der Waals surface area contributed by atoms with Crippen molar-refractivity contribution in [2.24, 2.45) is 16.5 Å². The summed E-state index contributed by atoms with van der Waals surface area (Å²) < 4.78 is 0. The number of hydrogen-bond acceptors (Lipinski definition) is 4. The molecule has 5 N–H and O–H groups in total. The van der Waals surface area contributed by atoms with Gasteiger partial charge in [0.25, 0.3) is 5.91 Å². The highest BCUT2D eigenvalue weighted by Crippen LogP contribution is 2.17. The number of phenols is 1. The van der Waals surface area contributed by atoms with Crippen LogP contribution in [0.25, 0.3) is 5.70 Å². The smallest absolute Gasteiger partial charge is 0.252 e. The lowest BCUT2D eigenvalue weighted by Crippen LogP contribution is -2.19. The van der Waals surface area contributed by atoms with Gasteiger partial charge in [0, 0.05) is 6.21 Å². The van der Waals surface area contributed by atoms with Crippen LogP contribution in [0.5, 0.6) is 5.75 Å². The fraction of sp³-hybridized carbons (Fsp3) is 0. The number of nitrogens with two attached hydrogens (primary N) is 2. The number of phenolic OH excluding ortho intramolecular Hbond substituents is 1. The number of carbonyl (C=O) groups excluding carboxylic acids is 1. The van der Waals surface area contributed by atoms with Crippen molar-refractivity contribution in [3.05, 3.63) is 65.7 Å². The Morgan fingerprint density at radius 3 is 2.19 bits per heavy atom. The van der Waals surface area contributed by atoms with Crippen molar-refractivity contribution in [2.45, 2.75) is 0 Å². The maximum Gasteiger partial charge on any atom is 0.252 e. The molecule has 0 aliphatic heterocycles. The van der Waals surface area contributed by atoms with E-state index in [1.54, 1.807) is 24.3 Å². The van der Waals surface area contributed by atoms with E-state index < -0.39 is 5.91 Å². The van der Waals surface area contributed by atoms with Gasteiger partial charge in [-0.2, -0.15) is 0 Å². The molecule has 5 heteroatoms. The SMILES string of the molecule is NC(=O)/C(C=Nc1ccccc1)=C(/N)c1ccc(O)cc1. The number of carbonyl (C=O) groups is 1. The highest BCUT2D eigenvalue weighted by molar-refractivity contribution is 6.17. The largest absolute Gasteiger partial charge is 0.508 e. The molecule has 0 spiro atoms. The molecule has 0 atom stereocenters. The molecule has 0 saturated heterocycles. The minimum absolute atomic E-state index is 0.115. The lowest BCUT2D eigenvalue weighted by Gasteiger charge is -2.05. The van der Waals surface area contributed by atoms with Gasteiger partial charge in [-0.25, -0.2) is 0 Å². The van der Waals surface area contributed by atoms with Crippen molar-refractivity contribution in [3.8, 4) is 5.75 Å². The van der Waals surface area contributed by atoms with Gasteiger partial charge in [0.1, 0.15) is 5.75 Å². The zero-order valence-electron chi connectivity index (χ0n) is 11.2. The van der Waals surface area contributed by atoms with E-state index in [1.807, 2.05) is 18.2 Å². The minimum Gasteiger partial charge on any atom is -0.508 e. The summed E-state index contributed by atoms with van der Waals surface area (Å²) in [7, 11) is 0. The van der Waals surface area contributed by atoms with Gasteiger partial charge >= 0.3 is 0 Å². The van der Waals surface area contributed by atoms with Crippen molar-refractivity contribution in [2.75, 3.05) is 0 Å². The number of hydrogen-bond donors (Lipinski definition) is 3. The minimum atomic E-state index is -0.666. The Bertz CT molecular complexity index is 689. The molecule has 2 rings (SSSR count). The van der Waals surface area contributed by atoms with Gasteiger partial charge in [0.2, 0.25) is 0 Å². The molecule has 2 aromatic carbocycles. The van der Waals surface area contributed by atoms with Crippen molar-refractivity contribution in [1.82, 2.24) is 0 Å². The van der Waals surface area contributed by atoms with E-state index in [0.717, 1.165) is 0 Å². The molecule has 5 nitrogen and oxygen atoms in total. The summed E-state index contributed by atoms with van der Waals surface area (Å²) in [6.07, 6.45) is 1.35. The quantitative estimate of drug-likeness (QED) is 0.589. The Labute approximate surface area is 122 Å². The van der Waals surface area contributed by atoms with Crippen molar-refractivity contribution in [1.29, 1.82) is 0 Å². The fourth-order valence-corrected chi connectivity index (χ4v) is 1.72. The van der Waals surface area contributed by atoms with Gasteiger partial charge < -0.3 is 16.6 Å². The normalized spacial score (nSPS) is 12.2. The Kier molecular flexibility index (Phi) is 4.36. The first-order valence-electron chi connectivity index (χ1n) is 6.26. The van der Waals surface area contributed by atoms with Crippen LogP contribution in [-0.2, 0) is 4.79 Å². The number of amides is 1. The summed E-state index contributed by atoms with van der Waals surface area (Å²) in [5, 5.41) is 9.26. The average molecular weight is 281 g/mol. The van der Waals surface area contributed by atoms with Gasteiger partial charge in [0.15, 0.2) is 0 Å². The first-order chi connectivity index (χ1) is 10.1. The van der Waals surface area contributed by atoms with Crippen LogP contribution in [0.15, 0.2) is 65.2 Å². The van der Waals surface area contributed by atoms with Crippen molar-refractivity contribution >= 4 is 23.5 Å². The topological polar surface area (TPSA) is 102 Å². The lowest BCUT2D eigenvalue weighted by molar-refractivity contribution is -0.114. The summed E-state index contributed by atoms with van der Waals surface area (Å²) in [4.78, 5) is 15.7. The third-order valence-electron chi connectivity index (χ3n) is 2.83. The van der Waals surface area contributed by atoms with Gasteiger partial charge in [-0.1, -0.05) is 18.2 Å². The van der Waals surface area contributed by atoms with E-state index in [9.17, 15) is 9.90 Å². The monoisotopic (exact) mass is 281 g/mol. The van der Waals surface area contributed by atoms with Crippen molar-refractivity contribution in [3.63, 3.8) is 0 Å². The molecule has 0 aromatic heterocycles. The summed E-state index contributed by atoms with van der Waals surface area (Å²) in [5.74, 6) is -0.551. The van der Waals surface area contributed by atoms with E-state index in [2.05, 4.69) is 4.99 Å². The standard InChI is InChI=1S/C16H15N3O2/c17-15(11-6-8-13(20)9-7-11)14(16(18)21)10-19-12-4-2-1-3-5-12/h1-10,20H,17H2,(H2,18,21)/b15-14+,19-10?. The molecule has 0 bridgehead atoms. The van der Waals surface area contributed by atoms with Crippen LogP contribution in [0.3, 0.4) is 0 Å². The van der Waals surface area contributed by atoms with Gasteiger partial charge in [0.05, 0.1) is 17.0 Å². The third kappa shape index (κ3) is 3.70. The van der Waals surface area contributed by atoms with E-state index in [1.165, 1.54) is 18.3 Å². The molecule has 21 heavy (non-hydrogen) atoms. The second kappa shape index (κ2) is 6.38. The molecule has 2 aromatic rings. The number of rotatable bonds is 4. The first kappa shape index (κ1) is 14.3. The third-order valence-corrected chi connectivity index (χ3v) is 2.83. The van der Waals surface area contributed by atoms with E-state index in [-0.39, 0.29) is 17.0 Å². The van der Waals surface area contributed by atoms with Crippen LogP contribution < -0.4 is 11.5 Å². The predicted octanol–water partition coefficient (Wildman–Crippen LogP) is 1.95. The van der Waals surface area contributed by atoms with E-state index >= 15 is 0 Å². The maximum absolute atomic E-state index is 11.5. The molecular formula is C16H15N3O2. The molecule has 0 heterocycles. The Morgan fingerprint density at radius 1 is 1.00 bits per heavy atom. The van der Waals surface area contributed by atoms with Crippen LogP contribution in [0.1, 0.15) is 5.56 Å². The highest BCUT2D eigenvalue weighted by atomic mass is 16.3. The number of aromatic hydroxyl groups is 1. The number of aliphatic imine (C=N–C) groups is 1. The van der Waals surface area contributed by atoms with Gasteiger partial charge in [-0.05, 0) is 42.0 Å². The number of primary amides is 1. The van der Waals surface area contributed by atoms with E-state index in [0.29, 0.717) is 11.3 Å². The Morgan fingerprint density at radius 2 is 1.62 bits per heavy atom. The predicted molar refractivity (Wildman–Crippen MR) is 83.0 cm³/mol. The summed E-state index contributed by atoms with van der Waals surface area (Å²) in [6.45, 7) is 0. The molecule has 0 unspecified atom stereocenters. The highest BCUT2D eigenvalue weighted by Gasteiger charge is 2.10. The van der Waals surface area contributed by atoms with Crippen LogP contribution in [0, 0.1) is 0 Å². The average Bonchev–Trinajstić information content (AvgIpc) is 2.48. The van der Waals surface area contributed by atoms with Crippen LogP contribution in [0.2, 0.25) is 0 Å². The zero-order chi connectivity index (χ0) is 15.2. The zero-order valence-corrected chi connectivity index (χ0v) is 11.2. The molecule has 0 saturated carbocycles. The first-order valence-corrected chi connectivity index (χ1v) is 6.26. The number of benzene rings is 2. The summed E-state index contributed by atoms with van der Waals surface area (Å²) >= 11 is 0. The lowest BCUT2D eigenvalue weighted by atomic mass is 10.1. The fourth-order valence-electron chi connectivity index (χ4n) is 1.72. The molecule has 0 aliphatic rings. The van der Waals surface area contributed by atoms with E-state index in [4.69, 9.17) is 11.5 Å². The van der Waals surface area contributed by atoms with Crippen LogP contribution in [0.4, 0.5) is 5.69 Å². The second-order valence-electron chi connectivity index (χ2n) is 4.33. The molecule has 0 fully saturated rings. The Balaban J connectivity index is 2.38. The molecule has 1 amide bonds. The Hall–Kier alpha value is -3.08. The number of nitrogens with zero attached hydrogens (tertiary/aromatic N) is 1.